The maximum absolute atomic E-state index is 12.4. The number of carbonyl (C=O) groups is 2. The number of ketones is 1. The number of nitrogens with zero attached hydrogens (tertiary/aromatic N) is 2. The Hall–Kier alpha value is -3.87. The molecule has 0 aliphatic heterocycles. The number of benzene rings is 2. The number of carboxylic acid groups (broad SMARTS) is 1. The summed E-state index contributed by atoms with van der Waals surface area (Å²) < 4.78 is 11.9. The van der Waals surface area contributed by atoms with Gasteiger partial charge in [-0.25, -0.2) is 4.68 Å². The first-order valence-electron chi connectivity index (χ1n) is 8.40. The fourth-order valence-corrected chi connectivity index (χ4v) is 2.49. The lowest BCUT2D eigenvalue weighted by Gasteiger charge is -2.11. The highest BCUT2D eigenvalue weighted by molar-refractivity contribution is 6.07. The summed E-state index contributed by atoms with van der Waals surface area (Å²) in [5.41, 5.74) is 2.08. The van der Waals surface area contributed by atoms with E-state index in [-0.39, 0.29) is 17.3 Å². The smallest absolute Gasteiger partial charge is 0.185 e. The second-order valence-corrected chi connectivity index (χ2v) is 5.78. The van der Waals surface area contributed by atoms with Gasteiger partial charge in [-0.2, -0.15) is 5.10 Å². The molecule has 142 valence electrons. The Bertz CT molecular complexity index is 1010. The quantitative estimate of drug-likeness (QED) is 0.440. The van der Waals surface area contributed by atoms with Gasteiger partial charge in [-0.1, -0.05) is 18.2 Å². The van der Waals surface area contributed by atoms with Crippen LogP contribution in [0.4, 0.5) is 0 Å². The summed E-state index contributed by atoms with van der Waals surface area (Å²) in [4.78, 5) is 22.9. The number of para-hydroxylation sites is 1. The number of aliphatic carboxylic acids is 1. The Kier molecular flexibility index (Phi) is 5.86. The second-order valence-electron chi connectivity index (χ2n) is 5.78. The van der Waals surface area contributed by atoms with Crippen molar-refractivity contribution >= 4 is 17.8 Å². The van der Waals surface area contributed by atoms with Crippen molar-refractivity contribution in [3.63, 3.8) is 0 Å². The van der Waals surface area contributed by atoms with Gasteiger partial charge in [0.1, 0.15) is 6.61 Å². The Morgan fingerprint density at radius 1 is 1.14 bits per heavy atom. The molecule has 0 atom stereocenters. The van der Waals surface area contributed by atoms with E-state index in [1.54, 1.807) is 17.0 Å². The number of hydrogen-bond acceptors (Lipinski definition) is 6. The van der Waals surface area contributed by atoms with Crippen LogP contribution >= 0.6 is 0 Å². The third kappa shape index (κ3) is 4.64. The van der Waals surface area contributed by atoms with Gasteiger partial charge in [0.15, 0.2) is 17.3 Å². The van der Waals surface area contributed by atoms with Crippen LogP contribution in [0.25, 0.3) is 11.8 Å². The minimum atomic E-state index is -1.35. The minimum absolute atomic E-state index is 0.219. The molecule has 0 aliphatic carbocycles. The van der Waals surface area contributed by atoms with Gasteiger partial charge in [-0.3, -0.25) is 4.79 Å². The van der Waals surface area contributed by atoms with Gasteiger partial charge < -0.3 is 19.4 Å². The molecular formula is C21H17N2O5-. The molecule has 2 aromatic carbocycles. The molecule has 0 bridgehead atoms. The maximum atomic E-state index is 12.4. The van der Waals surface area contributed by atoms with Gasteiger partial charge >= 0.3 is 0 Å². The summed E-state index contributed by atoms with van der Waals surface area (Å²) >= 11 is 0. The van der Waals surface area contributed by atoms with E-state index < -0.39 is 12.6 Å². The molecule has 0 aliphatic rings. The Balaban J connectivity index is 1.72. The van der Waals surface area contributed by atoms with Crippen molar-refractivity contribution in [1.29, 1.82) is 0 Å². The predicted octanol–water partition coefficient (Wildman–Crippen LogP) is 1.91. The van der Waals surface area contributed by atoms with Crippen molar-refractivity contribution in [2.24, 2.45) is 0 Å². The van der Waals surface area contributed by atoms with E-state index >= 15 is 0 Å². The lowest BCUT2D eigenvalue weighted by molar-refractivity contribution is -0.307. The molecule has 7 heteroatoms. The number of allylic oxidation sites excluding steroid dienone is 1. The van der Waals surface area contributed by atoms with Crippen molar-refractivity contribution in [2.45, 2.75) is 0 Å². The van der Waals surface area contributed by atoms with Crippen molar-refractivity contribution in [3.05, 3.63) is 78.1 Å². The molecule has 1 aromatic heterocycles. The molecule has 1 heterocycles. The fraction of sp³-hybridized carbons (Fsp3) is 0.0952. The normalized spacial score (nSPS) is 10.8. The first kappa shape index (κ1) is 18.9. The third-order valence-electron chi connectivity index (χ3n) is 3.84. The molecule has 0 radical (unpaired) electrons. The number of methoxy groups -OCH3 is 1. The molecule has 7 nitrogen and oxygen atoms in total. The van der Waals surface area contributed by atoms with E-state index in [0.717, 1.165) is 11.3 Å². The zero-order valence-electron chi connectivity index (χ0n) is 15.1. The Labute approximate surface area is 161 Å². The number of ether oxygens (including phenoxy) is 2. The maximum Gasteiger partial charge on any atom is 0.185 e. The van der Waals surface area contributed by atoms with E-state index in [9.17, 15) is 14.7 Å². The van der Waals surface area contributed by atoms with Crippen LogP contribution in [0.5, 0.6) is 11.5 Å². The Morgan fingerprint density at radius 3 is 2.64 bits per heavy atom. The summed E-state index contributed by atoms with van der Waals surface area (Å²) in [6.45, 7) is -0.602. The molecule has 0 fully saturated rings. The summed E-state index contributed by atoms with van der Waals surface area (Å²) in [6.07, 6.45) is 6.58. The van der Waals surface area contributed by atoms with Crippen LogP contribution in [0.15, 0.2) is 67.0 Å². The lowest BCUT2D eigenvalue weighted by Crippen LogP contribution is -2.29. The van der Waals surface area contributed by atoms with Gasteiger partial charge in [-0.05, 0) is 42.5 Å². The highest BCUT2D eigenvalue weighted by atomic mass is 16.5. The summed E-state index contributed by atoms with van der Waals surface area (Å²) in [5.74, 6) is -1.10. The van der Waals surface area contributed by atoms with Crippen LogP contribution in [0.2, 0.25) is 0 Å². The summed E-state index contributed by atoms with van der Waals surface area (Å²) in [5, 5.41) is 14.8. The van der Waals surface area contributed by atoms with Gasteiger partial charge in [0.25, 0.3) is 0 Å². The van der Waals surface area contributed by atoms with Crippen molar-refractivity contribution in [3.8, 4) is 17.2 Å². The average Bonchev–Trinajstić information content (AvgIpc) is 3.20. The average molecular weight is 377 g/mol. The zero-order chi connectivity index (χ0) is 19.9. The van der Waals surface area contributed by atoms with E-state index in [1.807, 2.05) is 36.5 Å². The molecule has 0 unspecified atom stereocenters. The minimum Gasteiger partial charge on any atom is -0.546 e. The molecule has 0 amide bonds. The Morgan fingerprint density at radius 2 is 1.93 bits per heavy atom. The topological polar surface area (TPSA) is 93.5 Å². The summed E-state index contributed by atoms with van der Waals surface area (Å²) in [6, 6.07) is 14.1. The molecule has 0 saturated heterocycles. The molecule has 3 rings (SSSR count). The van der Waals surface area contributed by atoms with Crippen LogP contribution in [0, 0.1) is 0 Å². The van der Waals surface area contributed by atoms with Gasteiger partial charge in [0.05, 0.1) is 25.0 Å². The first-order valence-corrected chi connectivity index (χ1v) is 8.40. The molecule has 0 spiro atoms. The van der Waals surface area contributed by atoms with Crippen molar-refractivity contribution in [1.82, 2.24) is 9.78 Å². The number of aromatic nitrogens is 2. The van der Waals surface area contributed by atoms with Crippen LogP contribution < -0.4 is 14.6 Å². The van der Waals surface area contributed by atoms with E-state index in [1.165, 1.54) is 31.4 Å². The monoisotopic (exact) mass is 377 g/mol. The van der Waals surface area contributed by atoms with E-state index in [4.69, 9.17) is 9.47 Å². The molecule has 3 aromatic rings. The SMILES string of the molecule is COc1cc(C(=O)/C=C/c2cnn(-c3ccccc3)c2)ccc1OCC(=O)[O-]. The fourth-order valence-electron chi connectivity index (χ4n) is 2.49. The zero-order valence-corrected chi connectivity index (χ0v) is 15.1. The van der Waals surface area contributed by atoms with Gasteiger partial charge in [0.2, 0.25) is 0 Å². The van der Waals surface area contributed by atoms with Crippen LogP contribution in [-0.4, -0.2) is 35.2 Å². The van der Waals surface area contributed by atoms with E-state index in [2.05, 4.69) is 5.10 Å². The molecular weight excluding hydrogens is 360 g/mol. The predicted molar refractivity (Wildman–Crippen MR) is 100 cm³/mol. The number of carboxylic acids is 1. The standard InChI is InChI=1S/C21H18N2O5/c1-27-20-11-16(8-10-19(20)28-14-21(25)26)18(24)9-7-15-12-22-23(13-15)17-5-3-2-4-6-17/h2-13H,14H2,1H3,(H,25,26)/p-1/b9-7+. The largest absolute Gasteiger partial charge is 0.546 e. The summed E-state index contributed by atoms with van der Waals surface area (Å²) in [7, 11) is 1.41. The molecule has 28 heavy (non-hydrogen) atoms. The van der Waals surface area contributed by atoms with E-state index in [0.29, 0.717) is 5.56 Å². The third-order valence-corrected chi connectivity index (χ3v) is 3.84. The highest BCUT2D eigenvalue weighted by Crippen LogP contribution is 2.28. The van der Waals surface area contributed by atoms with Crippen LogP contribution in [0.1, 0.15) is 15.9 Å². The van der Waals surface area contributed by atoms with Crippen molar-refractivity contribution < 1.29 is 24.2 Å². The number of carbonyl (C=O) groups excluding carboxylic acids is 2. The van der Waals surface area contributed by atoms with Crippen LogP contribution in [-0.2, 0) is 4.79 Å². The number of hydrogen-bond donors (Lipinski definition) is 0. The van der Waals surface area contributed by atoms with Gasteiger partial charge in [0, 0.05) is 17.3 Å². The second kappa shape index (κ2) is 8.68. The number of rotatable bonds is 8. The first-order chi connectivity index (χ1) is 13.6. The molecule has 0 N–H and O–H groups in total. The van der Waals surface area contributed by atoms with Crippen LogP contribution in [0.3, 0.4) is 0 Å². The van der Waals surface area contributed by atoms with Crippen molar-refractivity contribution in [2.75, 3.05) is 13.7 Å². The molecule has 0 saturated carbocycles. The van der Waals surface area contributed by atoms with Gasteiger partial charge in [-0.15, -0.1) is 0 Å². The highest BCUT2D eigenvalue weighted by Gasteiger charge is 2.10. The lowest BCUT2D eigenvalue weighted by atomic mass is 10.1.